The summed E-state index contributed by atoms with van der Waals surface area (Å²) < 4.78 is 30.1. The summed E-state index contributed by atoms with van der Waals surface area (Å²) in [6.07, 6.45) is -0.649. The predicted molar refractivity (Wildman–Crippen MR) is 95.8 cm³/mol. The first-order chi connectivity index (χ1) is 12.6. The molecule has 0 bridgehead atoms. The van der Waals surface area contributed by atoms with Gasteiger partial charge in [0.15, 0.2) is 11.5 Å². The van der Waals surface area contributed by atoms with E-state index in [4.69, 9.17) is 14.2 Å². The second-order valence-electron chi connectivity index (χ2n) is 6.44. The molecule has 0 amide bonds. The largest absolute Gasteiger partial charge is 0.486 e. The van der Waals surface area contributed by atoms with Crippen molar-refractivity contribution in [2.45, 2.75) is 19.3 Å². The molecule has 26 heavy (non-hydrogen) atoms. The molecule has 1 aliphatic heterocycles. The van der Waals surface area contributed by atoms with Crippen LogP contribution in [0.1, 0.15) is 11.1 Å². The SMILES string of the molecule is CN(Cc1ccc2c(c1)OCCO2)CC(O)COCc1ccccc1F. The van der Waals surface area contributed by atoms with Crippen LogP contribution in [-0.4, -0.2) is 49.5 Å². The Bertz CT molecular complexity index is 725. The van der Waals surface area contributed by atoms with Gasteiger partial charge in [-0.3, -0.25) is 4.90 Å². The van der Waals surface area contributed by atoms with E-state index in [2.05, 4.69) is 0 Å². The van der Waals surface area contributed by atoms with Gasteiger partial charge in [0.25, 0.3) is 0 Å². The third-order valence-corrected chi connectivity index (χ3v) is 4.11. The zero-order chi connectivity index (χ0) is 18.4. The molecule has 0 aliphatic carbocycles. The minimum absolute atomic E-state index is 0.148. The van der Waals surface area contributed by atoms with Crippen molar-refractivity contribution in [3.05, 3.63) is 59.4 Å². The smallest absolute Gasteiger partial charge is 0.161 e. The number of hydrogen-bond donors (Lipinski definition) is 1. The number of likely N-dealkylation sites (N-methyl/N-ethyl adjacent to an activating group) is 1. The van der Waals surface area contributed by atoms with Crippen LogP contribution in [0.25, 0.3) is 0 Å². The average Bonchev–Trinajstić information content (AvgIpc) is 2.63. The first-order valence-corrected chi connectivity index (χ1v) is 8.68. The number of aliphatic hydroxyl groups excluding tert-OH is 1. The maximum Gasteiger partial charge on any atom is 0.161 e. The summed E-state index contributed by atoms with van der Waals surface area (Å²) in [6.45, 7) is 2.55. The van der Waals surface area contributed by atoms with E-state index in [-0.39, 0.29) is 19.0 Å². The van der Waals surface area contributed by atoms with Gasteiger partial charge in [-0.25, -0.2) is 4.39 Å². The number of hydrogen-bond acceptors (Lipinski definition) is 5. The van der Waals surface area contributed by atoms with Gasteiger partial charge in [0, 0.05) is 18.7 Å². The van der Waals surface area contributed by atoms with E-state index in [0.29, 0.717) is 31.9 Å². The minimum atomic E-state index is -0.649. The van der Waals surface area contributed by atoms with E-state index in [1.165, 1.54) is 6.07 Å². The normalized spacial score (nSPS) is 14.5. The quantitative estimate of drug-likeness (QED) is 0.783. The maximum absolute atomic E-state index is 13.5. The lowest BCUT2D eigenvalue weighted by Gasteiger charge is -2.22. The number of ether oxygens (including phenoxy) is 3. The summed E-state index contributed by atoms with van der Waals surface area (Å²) in [4.78, 5) is 2.00. The molecule has 5 nitrogen and oxygen atoms in total. The topological polar surface area (TPSA) is 51.2 Å². The van der Waals surface area contributed by atoms with Gasteiger partial charge in [0.2, 0.25) is 0 Å². The van der Waals surface area contributed by atoms with Gasteiger partial charge in [-0.05, 0) is 30.8 Å². The molecule has 1 aliphatic rings. The van der Waals surface area contributed by atoms with Crippen LogP contribution in [0.5, 0.6) is 11.5 Å². The summed E-state index contributed by atoms with van der Waals surface area (Å²) in [5.41, 5.74) is 1.57. The van der Waals surface area contributed by atoms with E-state index >= 15 is 0 Å². The van der Waals surface area contributed by atoms with Crippen LogP contribution < -0.4 is 9.47 Å². The number of halogens is 1. The molecule has 2 aromatic carbocycles. The second-order valence-corrected chi connectivity index (χ2v) is 6.44. The van der Waals surface area contributed by atoms with Gasteiger partial charge in [0.05, 0.1) is 19.3 Å². The number of aliphatic hydroxyl groups is 1. The van der Waals surface area contributed by atoms with Crippen LogP contribution in [0.3, 0.4) is 0 Å². The van der Waals surface area contributed by atoms with Gasteiger partial charge < -0.3 is 19.3 Å². The third-order valence-electron chi connectivity index (χ3n) is 4.11. The predicted octanol–water partition coefficient (Wildman–Crippen LogP) is 2.61. The molecule has 0 fully saturated rings. The van der Waals surface area contributed by atoms with Crippen molar-refractivity contribution < 1.29 is 23.7 Å². The Balaban J connectivity index is 1.42. The molecular formula is C20H24FNO4. The number of fused-ring (bicyclic) bond motifs is 1. The van der Waals surface area contributed by atoms with Gasteiger partial charge in [0.1, 0.15) is 19.0 Å². The fraction of sp³-hybridized carbons (Fsp3) is 0.400. The molecule has 0 saturated carbocycles. The average molecular weight is 361 g/mol. The van der Waals surface area contributed by atoms with E-state index in [1.54, 1.807) is 18.2 Å². The molecule has 0 aromatic heterocycles. The van der Waals surface area contributed by atoms with Crippen molar-refractivity contribution in [3.8, 4) is 11.5 Å². The molecule has 1 atom stereocenters. The Morgan fingerprint density at radius 2 is 1.92 bits per heavy atom. The molecule has 2 aromatic rings. The van der Waals surface area contributed by atoms with Crippen LogP contribution in [0, 0.1) is 5.82 Å². The summed E-state index contributed by atoms with van der Waals surface area (Å²) >= 11 is 0. The lowest BCUT2D eigenvalue weighted by molar-refractivity contribution is 0.0119. The molecule has 6 heteroatoms. The van der Waals surface area contributed by atoms with Crippen LogP contribution >= 0.6 is 0 Å². The van der Waals surface area contributed by atoms with Gasteiger partial charge >= 0.3 is 0 Å². The Morgan fingerprint density at radius 3 is 2.73 bits per heavy atom. The number of benzene rings is 2. The Morgan fingerprint density at radius 1 is 1.15 bits per heavy atom. The Labute approximate surface area is 152 Å². The van der Waals surface area contributed by atoms with E-state index in [9.17, 15) is 9.50 Å². The monoisotopic (exact) mass is 361 g/mol. The van der Waals surface area contributed by atoms with Crippen LogP contribution in [-0.2, 0) is 17.9 Å². The van der Waals surface area contributed by atoms with Crippen LogP contribution in [0.15, 0.2) is 42.5 Å². The van der Waals surface area contributed by atoms with Crippen LogP contribution in [0.4, 0.5) is 4.39 Å². The van der Waals surface area contributed by atoms with Gasteiger partial charge in [-0.2, -0.15) is 0 Å². The zero-order valence-corrected chi connectivity index (χ0v) is 14.9. The standard InChI is InChI=1S/C20H24FNO4/c1-22(11-15-6-7-19-20(10-15)26-9-8-25-19)12-17(23)14-24-13-16-4-2-3-5-18(16)21/h2-7,10,17,23H,8-9,11-14H2,1H3. The molecule has 1 N–H and O–H groups in total. The van der Waals surface area contributed by atoms with Crippen molar-refractivity contribution in [1.29, 1.82) is 0 Å². The molecular weight excluding hydrogens is 337 g/mol. The highest BCUT2D eigenvalue weighted by Crippen LogP contribution is 2.31. The molecule has 0 radical (unpaired) electrons. The summed E-state index contributed by atoms with van der Waals surface area (Å²) in [5.74, 6) is 1.23. The van der Waals surface area contributed by atoms with E-state index in [1.807, 2.05) is 30.1 Å². The Kier molecular flexibility index (Phi) is 6.44. The van der Waals surface area contributed by atoms with Gasteiger partial charge in [-0.15, -0.1) is 0 Å². The summed E-state index contributed by atoms with van der Waals surface area (Å²) in [7, 11) is 1.93. The molecule has 1 heterocycles. The fourth-order valence-corrected chi connectivity index (χ4v) is 2.90. The molecule has 0 saturated heterocycles. The summed E-state index contributed by atoms with van der Waals surface area (Å²) in [6, 6.07) is 12.3. The lowest BCUT2D eigenvalue weighted by Crippen LogP contribution is -2.32. The summed E-state index contributed by atoms with van der Waals surface area (Å²) in [5, 5.41) is 10.1. The van der Waals surface area contributed by atoms with Crippen molar-refractivity contribution >= 4 is 0 Å². The highest BCUT2D eigenvalue weighted by atomic mass is 19.1. The van der Waals surface area contributed by atoms with Crippen molar-refractivity contribution in [2.24, 2.45) is 0 Å². The zero-order valence-electron chi connectivity index (χ0n) is 14.9. The number of rotatable bonds is 8. The van der Waals surface area contributed by atoms with Gasteiger partial charge in [-0.1, -0.05) is 24.3 Å². The Hall–Kier alpha value is -2.15. The van der Waals surface area contributed by atoms with Crippen LogP contribution in [0.2, 0.25) is 0 Å². The number of nitrogens with zero attached hydrogens (tertiary/aromatic N) is 1. The molecule has 0 spiro atoms. The third kappa shape index (κ3) is 5.17. The van der Waals surface area contributed by atoms with Crippen molar-refractivity contribution in [3.63, 3.8) is 0 Å². The van der Waals surface area contributed by atoms with Crippen molar-refractivity contribution in [2.75, 3.05) is 33.4 Å². The maximum atomic E-state index is 13.5. The van der Waals surface area contributed by atoms with E-state index in [0.717, 1.165) is 17.1 Å². The van der Waals surface area contributed by atoms with E-state index < -0.39 is 6.10 Å². The first kappa shape index (κ1) is 18.6. The highest BCUT2D eigenvalue weighted by molar-refractivity contribution is 5.43. The van der Waals surface area contributed by atoms with Crippen molar-refractivity contribution in [1.82, 2.24) is 4.90 Å². The lowest BCUT2D eigenvalue weighted by atomic mass is 10.1. The highest BCUT2D eigenvalue weighted by Gasteiger charge is 2.14. The first-order valence-electron chi connectivity index (χ1n) is 8.68. The second kappa shape index (κ2) is 8.98. The molecule has 3 rings (SSSR count). The molecule has 140 valence electrons. The minimum Gasteiger partial charge on any atom is -0.486 e. The molecule has 1 unspecified atom stereocenters. The fourth-order valence-electron chi connectivity index (χ4n) is 2.90.